The van der Waals surface area contributed by atoms with Gasteiger partial charge in [0.15, 0.2) is 5.67 Å². The molecule has 0 aliphatic heterocycles. The summed E-state index contributed by atoms with van der Waals surface area (Å²) in [5, 5.41) is 0. The van der Waals surface area contributed by atoms with Crippen LogP contribution in [0, 0.1) is 0 Å². The van der Waals surface area contributed by atoms with Crippen molar-refractivity contribution in [1.82, 2.24) is 0 Å². The van der Waals surface area contributed by atoms with Gasteiger partial charge in [-0.3, -0.25) is 0 Å². The Morgan fingerprint density at radius 3 is 1.25 bits per heavy atom. The van der Waals surface area contributed by atoms with Crippen molar-refractivity contribution in [3.8, 4) is 0 Å². The van der Waals surface area contributed by atoms with Crippen LogP contribution in [-0.4, -0.2) is 17.5 Å². The van der Waals surface area contributed by atoms with Gasteiger partial charge in [0, 0.05) is 6.92 Å². The number of rotatable bonds is 3. The van der Waals surface area contributed by atoms with E-state index in [0.29, 0.717) is 20.8 Å². The molecule has 0 aromatic carbocycles. The highest BCUT2D eigenvalue weighted by Crippen LogP contribution is 2.39. The highest BCUT2D eigenvalue weighted by molar-refractivity contribution is 4.89. The number of hydrogen-bond acceptors (Lipinski definition) is 0. The summed E-state index contributed by atoms with van der Waals surface area (Å²) in [5.41, 5.74) is -3.16. The molecule has 0 amide bonds. The van der Waals surface area contributed by atoms with Gasteiger partial charge in [0.25, 0.3) is 5.92 Å². The molecular formula is C7H11F5. The van der Waals surface area contributed by atoms with E-state index < -0.39 is 23.9 Å². The molecule has 74 valence electrons. The van der Waals surface area contributed by atoms with E-state index in [-0.39, 0.29) is 0 Å². The lowest BCUT2D eigenvalue weighted by Crippen LogP contribution is -2.42. The molecule has 0 fully saturated rings. The molecule has 5 heteroatoms. The first-order chi connectivity index (χ1) is 4.96. The molecule has 0 spiro atoms. The summed E-state index contributed by atoms with van der Waals surface area (Å²) in [6, 6.07) is 0. The van der Waals surface area contributed by atoms with Gasteiger partial charge < -0.3 is 0 Å². The molecular weight excluding hydrogens is 179 g/mol. The second kappa shape index (κ2) is 2.85. The van der Waals surface area contributed by atoms with Crippen LogP contribution < -0.4 is 0 Å². The molecule has 0 heterocycles. The maximum absolute atomic E-state index is 12.9. The van der Waals surface area contributed by atoms with Gasteiger partial charge >= 0.3 is 0 Å². The predicted molar refractivity (Wildman–Crippen MR) is 35.4 cm³/mol. The van der Waals surface area contributed by atoms with Crippen molar-refractivity contribution in [2.45, 2.75) is 44.7 Å². The zero-order chi connectivity index (χ0) is 10.2. The minimum Gasteiger partial charge on any atom is -0.237 e. The second-order valence-corrected chi connectivity index (χ2v) is 3.33. The largest absolute Gasteiger partial charge is 0.278 e. The predicted octanol–water partition coefficient (Wildman–Crippen LogP) is 3.42. The molecule has 0 aromatic heterocycles. The molecule has 0 rings (SSSR count). The quantitative estimate of drug-likeness (QED) is 0.598. The van der Waals surface area contributed by atoms with Gasteiger partial charge in [-0.05, 0) is 13.8 Å². The number of hydrogen-bond donors (Lipinski definition) is 0. The zero-order valence-electron chi connectivity index (χ0n) is 7.10. The zero-order valence-corrected chi connectivity index (χ0v) is 7.10. The van der Waals surface area contributed by atoms with E-state index in [1.807, 2.05) is 0 Å². The van der Waals surface area contributed by atoms with E-state index in [2.05, 4.69) is 0 Å². The molecule has 0 saturated heterocycles. The summed E-state index contributed by atoms with van der Waals surface area (Å²) in [5.74, 6) is -7.16. The van der Waals surface area contributed by atoms with Crippen LogP contribution in [0.1, 0.15) is 27.2 Å². The summed E-state index contributed by atoms with van der Waals surface area (Å²) in [6.45, 7) is 1.18. The third-order valence-corrected chi connectivity index (χ3v) is 1.56. The van der Waals surface area contributed by atoms with Crippen LogP contribution in [0.4, 0.5) is 22.0 Å². The van der Waals surface area contributed by atoms with Crippen molar-refractivity contribution >= 4 is 0 Å². The molecule has 0 aliphatic rings. The van der Waals surface area contributed by atoms with E-state index in [4.69, 9.17) is 0 Å². The van der Waals surface area contributed by atoms with Crippen LogP contribution in [0.15, 0.2) is 0 Å². The van der Waals surface area contributed by atoms with Gasteiger partial charge in [-0.1, -0.05) is 0 Å². The Morgan fingerprint density at radius 1 is 0.833 bits per heavy atom. The van der Waals surface area contributed by atoms with Crippen molar-refractivity contribution in [3.05, 3.63) is 0 Å². The first-order valence-electron chi connectivity index (χ1n) is 3.40. The molecule has 0 saturated carbocycles. The summed E-state index contributed by atoms with van der Waals surface area (Å²) in [7, 11) is 0. The van der Waals surface area contributed by atoms with Crippen LogP contribution in [0.3, 0.4) is 0 Å². The standard InChI is InChI=1S/C7H11F5/c1-5(8,7(3,11)12)4-6(2,9)10/h4H2,1-3H3. The topological polar surface area (TPSA) is 0 Å². The summed E-state index contributed by atoms with van der Waals surface area (Å²) < 4.78 is 61.9. The van der Waals surface area contributed by atoms with Gasteiger partial charge in [0.2, 0.25) is 5.92 Å². The van der Waals surface area contributed by atoms with Crippen LogP contribution in [-0.2, 0) is 0 Å². The SMILES string of the molecule is CC(F)(F)CC(C)(F)C(C)(F)F. The Hall–Kier alpha value is -0.350. The number of alkyl halides is 5. The molecule has 0 bridgehead atoms. The van der Waals surface area contributed by atoms with Gasteiger partial charge in [-0.15, -0.1) is 0 Å². The van der Waals surface area contributed by atoms with E-state index in [0.717, 1.165) is 0 Å². The average molecular weight is 190 g/mol. The number of halogens is 5. The highest BCUT2D eigenvalue weighted by atomic mass is 19.3. The van der Waals surface area contributed by atoms with E-state index in [9.17, 15) is 22.0 Å². The molecule has 0 radical (unpaired) electrons. The van der Waals surface area contributed by atoms with Crippen LogP contribution in [0.2, 0.25) is 0 Å². The maximum atomic E-state index is 12.9. The van der Waals surface area contributed by atoms with Gasteiger partial charge in [-0.25, -0.2) is 22.0 Å². The van der Waals surface area contributed by atoms with Crippen molar-refractivity contribution in [2.75, 3.05) is 0 Å². The normalized spacial score (nSPS) is 19.0. The Kier molecular flexibility index (Phi) is 2.77. The Labute approximate surface area is 67.8 Å². The third-order valence-electron chi connectivity index (χ3n) is 1.56. The monoisotopic (exact) mass is 190 g/mol. The second-order valence-electron chi connectivity index (χ2n) is 3.33. The summed E-state index contributed by atoms with van der Waals surface area (Å²) >= 11 is 0. The Morgan fingerprint density at radius 2 is 1.17 bits per heavy atom. The molecule has 0 aromatic rings. The summed E-state index contributed by atoms with van der Waals surface area (Å²) in [4.78, 5) is 0. The smallest absolute Gasteiger partial charge is 0.237 e. The van der Waals surface area contributed by atoms with E-state index in [1.165, 1.54) is 0 Å². The van der Waals surface area contributed by atoms with Crippen molar-refractivity contribution in [2.24, 2.45) is 0 Å². The van der Waals surface area contributed by atoms with Crippen molar-refractivity contribution in [1.29, 1.82) is 0 Å². The fourth-order valence-electron chi connectivity index (χ4n) is 0.738. The Bertz CT molecular complexity index is 150. The molecule has 0 aliphatic carbocycles. The molecule has 1 unspecified atom stereocenters. The average Bonchev–Trinajstić information content (AvgIpc) is 1.52. The van der Waals surface area contributed by atoms with Crippen LogP contribution in [0.5, 0.6) is 0 Å². The highest BCUT2D eigenvalue weighted by Gasteiger charge is 2.51. The lowest BCUT2D eigenvalue weighted by molar-refractivity contribution is -0.153. The van der Waals surface area contributed by atoms with Gasteiger partial charge in [-0.2, -0.15) is 0 Å². The van der Waals surface area contributed by atoms with Crippen molar-refractivity contribution in [3.63, 3.8) is 0 Å². The lowest BCUT2D eigenvalue weighted by atomic mass is 9.94. The fourth-order valence-corrected chi connectivity index (χ4v) is 0.738. The molecule has 0 nitrogen and oxygen atoms in total. The molecule has 12 heavy (non-hydrogen) atoms. The minimum absolute atomic E-state index is 0.290. The third kappa shape index (κ3) is 3.36. The first kappa shape index (κ1) is 11.6. The lowest BCUT2D eigenvalue weighted by Gasteiger charge is -2.29. The first-order valence-corrected chi connectivity index (χ1v) is 3.40. The summed E-state index contributed by atoms with van der Waals surface area (Å²) in [6.07, 6.45) is -1.47. The molecule has 1 atom stereocenters. The fraction of sp³-hybridized carbons (Fsp3) is 1.00. The molecule has 0 N–H and O–H groups in total. The van der Waals surface area contributed by atoms with Crippen LogP contribution >= 0.6 is 0 Å². The minimum atomic E-state index is -3.74. The maximum Gasteiger partial charge on any atom is 0.278 e. The Balaban J connectivity index is 4.44. The van der Waals surface area contributed by atoms with Crippen molar-refractivity contribution < 1.29 is 22.0 Å². The van der Waals surface area contributed by atoms with Crippen LogP contribution in [0.25, 0.3) is 0 Å². The van der Waals surface area contributed by atoms with Gasteiger partial charge in [0.05, 0.1) is 6.42 Å². The van der Waals surface area contributed by atoms with E-state index >= 15 is 0 Å². The van der Waals surface area contributed by atoms with E-state index in [1.54, 1.807) is 0 Å². The van der Waals surface area contributed by atoms with Gasteiger partial charge in [0.1, 0.15) is 0 Å².